The molecule has 0 aliphatic rings. The largest absolute Gasteiger partial charge is 0.451 e. The second-order valence-electron chi connectivity index (χ2n) is 1.12. The van der Waals surface area contributed by atoms with Crippen LogP contribution >= 0.6 is 0 Å². The summed E-state index contributed by atoms with van der Waals surface area (Å²) in [5.74, 6) is 0. The molecule has 0 saturated carbocycles. The van der Waals surface area contributed by atoms with Crippen molar-refractivity contribution in [3.8, 4) is 0 Å². The molecule has 0 radical (unpaired) electrons. The quantitative estimate of drug-likeness (QED) is 0.529. The number of hydrogen-bond acceptors (Lipinski definition) is 2. The van der Waals surface area contributed by atoms with Crippen LogP contribution in [0.3, 0.4) is 0 Å². The number of rotatable bonds is 1. The first kappa shape index (κ1) is 2.50. The van der Waals surface area contributed by atoms with Crippen molar-refractivity contribution in [1.82, 2.24) is 4.98 Å². The van der Waals surface area contributed by atoms with E-state index in [9.17, 15) is 0 Å². The first-order chi connectivity index (χ1) is 4.11. The van der Waals surface area contributed by atoms with Crippen molar-refractivity contribution in [2.75, 3.05) is 0 Å². The van der Waals surface area contributed by atoms with Gasteiger partial charge in [0.05, 0.1) is 5.69 Å². The van der Waals surface area contributed by atoms with Gasteiger partial charge in [0.2, 0.25) is 0 Å². The fraction of sp³-hybridized carbons (Fsp3) is 0.400. The lowest BCUT2D eigenvalue weighted by Crippen LogP contribution is -1.73. The van der Waals surface area contributed by atoms with Crippen LogP contribution in [0.1, 0.15) is 15.4 Å². The van der Waals surface area contributed by atoms with E-state index in [1.165, 1.54) is 19.6 Å². The summed E-state index contributed by atoms with van der Waals surface area (Å²) < 4.78 is 18.9. The molecule has 38 valence electrons. The van der Waals surface area contributed by atoms with E-state index in [0.717, 1.165) is 0 Å². The fourth-order valence-electron chi connectivity index (χ4n) is 0.336. The Hall–Kier alpha value is -0.790. The Morgan fingerprint density at radius 2 is 3.00 bits per heavy atom. The molecule has 0 aliphatic heterocycles. The van der Waals surface area contributed by atoms with Crippen molar-refractivity contribution in [1.29, 1.82) is 0 Å². The molecule has 2 nitrogen and oxygen atoms in total. The molecule has 1 aromatic rings. The Kier molecular flexibility index (Phi) is 0.635. The molecule has 0 aromatic carbocycles. The summed E-state index contributed by atoms with van der Waals surface area (Å²) in [6, 6.07) is 0. The van der Waals surface area contributed by atoms with Crippen LogP contribution in [-0.4, -0.2) is 4.98 Å². The van der Waals surface area contributed by atoms with Crippen molar-refractivity contribution in [2.24, 2.45) is 0 Å². The molecule has 0 fully saturated rings. The highest BCUT2D eigenvalue weighted by Gasteiger charge is 1.85. The van der Waals surface area contributed by atoms with Crippen LogP contribution in [0.2, 0.25) is 0 Å². The standard InChI is InChI=1S/C5H7NO/c1-2-5-3-7-4-6-5/h3-4H,2H2,1H3/i2D2. The SMILES string of the molecule is [2H]C([2H])(C)c1cocn1. The normalized spacial score (nSPS) is 15.6. The van der Waals surface area contributed by atoms with E-state index in [4.69, 9.17) is 2.74 Å². The summed E-state index contributed by atoms with van der Waals surface area (Å²) in [6.45, 7) is 1.44. The summed E-state index contributed by atoms with van der Waals surface area (Å²) in [7, 11) is 0. The molecule has 1 heterocycles. The van der Waals surface area contributed by atoms with E-state index in [1.54, 1.807) is 0 Å². The lowest BCUT2D eigenvalue weighted by Gasteiger charge is -1.75. The van der Waals surface area contributed by atoms with Gasteiger partial charge in [-0.3, -0.25) is 0 Å². The highest BCUT2D eigenvalue weighted by Crippen LogP contribution is 1.92. The molecule has 0 saturated heterocycles. The Morgan fingerprint density at radius 3 is 3.29 bits per heavy atom. The van der Waals surface area contributed by atoms with Crippen LogP contribution in [0.25, 0.3) is 0 Å². The molecule has 2 heteroatoms. The smallest absolute Gasteiger partial charge is 0.180 e. The van der Waals surface area contributed by atoms with Gasteiger partial charge in [-0.05, 0) is 6.37 Å². The molecular formula is C5H7NO. The maximum Gasteiger partial charge on any atom is 0.180 e. The minimum absolute atomic E-state index is 0.336. The maximum atomic E-state index is 7.13. The second-order valence-corrected chi connectivity index (χ2v) is 1.12. The second kappa shape index (κ2) is 1.78. The Balaban J connectivity index is 2.90. The molecule has 0 aliphatic carbocycles. The van der Waals surface area contributed by atoms with Crippen LogP contribution in [0.4, 0.5) is 0 Å². The minimum Gasteiger partial charge on any atom is -0.451 e. The molecule has 0 amide bonds. The summed E-state index contributed by atoms with van der Waals surface area (Å²) in [6.07, 6.45) is 1.14. The van der Waals surface area contributed by atoms with Crippen molar-refractivity contribution >= 4 is 0 Å². The number of aryl methyl sites for hydroxylation is 1. The van der Waals surface area contributed by atoms with Crippen molar-refractivity contribution < 1.29 is 7.16 Å². The summed E-state index contributed by atoms with van der Waals surface area (Å²) >= 11 is 0. The molecule has 7 heavy (non-hydrogen) atoms. The van der Waals surface area contributed by atoms with E-state index >= 15 is 0 Å². The van der Waals surface area contributed by atoms with Gasteiger partial charge in [0.25, 0.3) is 0 Å². The van der Waals surface area contributed by atoms with Crippen molar-refractivity contribution in [3.05, 3.63) is 18.4 Å². The lowest BCUT2D eigenvalue weighted by atomic mass is 10.4. The zero-order valence-corrected chi connectivity index (χ0v) is 4.01. The fourth-order valence-corrected chi connectivity index (χ4v) is 0.336. The molecular weight excluding hydrogens is 90.1 g/mol. The molecule has 0 spiro atoms. The van der Waals surface area contributed by atoms with Crippen LogP contribution in [0.5, 0.6) is 0 Å². The number of aromatic nitrogens is 1. The molecule has 0 unspecified atom stereocenters. The topological polar surface area (TPSA) is 26.0 Å². The monoisotopic (exact) mass is 99.1 g/mol. The highest BCUT2D eigenvalue weighted by atomic mass is 16.3. The van der Waals surface area contributed by atoms with E-state index in [0.29, 0.717) is 5.69 Å². The predicted molar refractivity (Wildman–Crippen MR) is 25.9 cm³/mol. The average molecular weight is 99.1 g/mol. The molecule has 0 atom stereocenters. The highest BCUT2D eigenvalue weighted by molar-refractivity contribution is 4.88. The molecule has 0 N–H and O–H groups in total. The maximum absolute atomic E-state index is 7.13. The first-order valence-electron chi connectivity index (χ1n) is 2.99. The molecule has 1 rings (SSSR count). The average Bonchev–Trinajstić information content (AvgIpc) is 2.08. The third-order valence-electron chi connectivity index (χ3n) is 0.688. The minimum atomic E-state index is -1.38. The summed E-state index contributed by atoms with van der Waals surface area (Å²) in [5.41, 5.74) is 0.336. The van der Waals surface area contributed by atoms with E-state index in [2.05, 4.69) is 9.40 Å². The zero-order chi connectivity index (χ0) is 6.91. The number of oxazole rings is 1. The number of nitrogens with zero attached hydrogens (tertiary/aromatic N) is 1. The van der Waals surface area contributed by atoms with Gasteiger partial charge in [-0.25, -0.2) is 4.98 Å². The van der Waals surface area contributed by atoms with E-state index in [-0.39, 0.29) is 0 Å². The Bertz CT molecular complexity index is 177. The number of hydrogen-bond donors (Lipinski definition) is 0. The van der Waals surface area contributed by atoms with Crippen LogP contribution in [0, 0.1) is 0 Å². The third kappa shape index (κ3) is 0.796. The van der Waals surface area contributed by atoms with Crippen LogP contribution in [0.15, 0.2) is 17.1 Å². The Morgan fingerprint density at radius 1 is 2.14 bits per heavy atom. The van der Waals surface area contributed by atoms with Gasteiger partial charge in [0, 0.05) is 2.74 Å². The van der Waals surface area contributed by atoms with Crippen LogP contribution in [-0.2, 0) is 6.37 Å². The third-order valence-corrected chi connectivity index (χ3v) is 0.688. The molecule has 1 aromatic heterocycles. The van der Waals surface area contributed by atoms with Gasteiger partial charge in [-0.1, -0.05) is 6.92 Å². The van der Waals surface area contributed by atoms with Gasteiger partial charge >= 0.3 is 0 Å². The van der Waals surface area contributed by atoms with Gasteiger partial charge in [0.1, 0.15) is 6.26 Å². The summed E-state index contributed by atoms with van der Waals surface area (Å²) in [5, 5.41) is 0. The zero-order valence-electron chi connectivity index (χ0n) is 6.01. The van der Waals surface area contributed by atoms with Gasteiger partial charge in [-0.15, -0.1) is 0 Å². The van der Waals surface area contributed by atoms with Gasteiger partial charge in [-0.2, -0.15) is 0 Å². The summed E-state index contributed by atoms with van der Waals surface area (Å²) in [4.78, 5) is 3.65. The van der Waals surface area contributed by atoms with Crippen LogP contribution < -0.4 is 0 Å². The predicted octanol–water partition coefficient (Wildman–Crippen LogP) is 1.24. The van der Waals surface area contributed by atoms with E-state index < -0.39 is 6.37 Å². The van der Waals surface area contributed by atoms with E-state index in [1.807, 2.05) is 0 Å². The van der Waals surface area contributed by atoms with Gasteiger partial charge in [0.15, 0.2) is 6.39 Å². The lowest BCUT2D eigenvalue weighted by molar-refractivity contribution is 0.556. The van der Waals surface area contributed by atoms with Crippen molar-refractivity contribution in [3.63, 3.8) is 0 Å². The Labute approximate surface area is 45.0 Å². The van der Waals surface area contributed by atoms with Crippen molar-refractivity contribution in [2.45, 2.75) is 13.3 Å². The van der Waals surface area contributed by atoms with Gasteiger partial charge < -0.3 is 4.42 Å². The molecule has 0 bridgehead atoms. The first-order valence-corrected chi connectivity index (χ1v) is 1.99.